The first-order chi connectivity index (χ1) is 18.8. The number of carbonyl (C=O) groups excluding carboxylic acids is 2. The van der Waals surface area contributed by atoms with Gasteiger partial charge in [-0.15, -0.1) is 0 Å². The number of rotatable bonds is 7. The Hall–Kier alpha value is -3.06. The van der Waals surface area contributed by atoms with Crippen molar-refractivity contribution in [2.75, 3.05) is 32.7 Å². The fourth-order valence-corrected chi connectivity index (χ4v) is 6.70. The van der Waals surface area contributed by atoms with E-state index in [1.165, 1.54) is 0 Å². The fraction of sp³-hybridized carbons (Fsp3) is 0.679. The van der Waals surface area contributed by atoms with Crippen LogP contribution in [-0.4, -0.2) is 86.1 Å². The van der Waals surface area contributed by atoms with Gasteiger partial charge in [0, 0.05) is 44.7 Å². The Labute approximate surface area is 243 Å². The van der Waals surface area contributed by atoms with Crippen molar-refractivity contribution < 1.29 is 27.5 Å². The molecule has 2 aliphatic rings. The molecule has 1 fully saturated rings. The maximum Gasteiger partial charge on any atom is 0.410 e. The number of guanidine groups is 1. The number of piperazine rings is 1. The molecule has 0 spiro atoms. The van der Waals surface area contributed by atoms with Crippen LogP contribution in [0, 0.1) is 20.8 Å². The standard InChI is InChI=1S/C28H46N6O6S/c1-17-18(2)23(19(3)20-16-28(7,8)39-22(17)20)41(37,38)32-25(30)31-11-9-10-21(29)24(35)33-12-14-34(15-13-33)26(36)40-27(4,5)6/h21H,9-16,29H2,1-8H3,(H3,30,31,32)/t21-/m0/s1. The molecule has 41 heavy (non-hydrogen) atoms. The molecule has 1 aromatic rings. The van der Waals surface area contributed by atoms with Crippen LogP contribution >= 0.6 is 0 Å². The van der Waals surface area contributed by atoms with E-state index in [4.69, 9.17) is 20.9 Å². The van der Waals surface area contributed by atoms with E-state index in [-0.39, 0.29) is 23.3 Å². The van der Waals surface area contributed by atoms with Gasteiger partial charge in [0.05, 0.1) is 10.9 Å². The number of fused-ring (bicyclic) bond motifs is 1. The molecule has 1 aromatic carbocycles. The summed E-state index contributed by atoms with van der Waals surface area (Å²) in [6.07, 6.45) is 1.01. The van der Waals surface area contributed by atoms with Gasteiger partial charge in [0.15, 0.2) is 0 Å². The van der Waals surface area contributed by atoms with Gasteiger partial charge in [-0.05, 0) is 84.9 Å². The number of hydrogen-bond donors (Lipinski definition) is 3. The molecule has 0 aromatic heterocycles. The second kappa shape index (κ2) is 12.0. The van der Waals surface area contributed by atoms with Crippen LogP contribution in [0.3, 0.4) is 0 Å². The van der Waals surface area contributed by atoms with E-state index < -0.39 is 33.4 Å². The summed E-state index contributed by atoms with van der Waals surface area (Å²) < 4.78 is 40.5. The summed E-state index contributed by atoms with van der Waals surface area (Å²) in [5.41, 5.74) is 14.0. The van der Waals surface area contributed by atoms with Gasteiger partial charge in [-0.25, -0.2) is 17.9 Å². The second-order valence-electron chi connectivity index (χ2n) is 12.5. The minimum absolute atomic E-state index is 0.188. The summed E-state index contributed by atoms with van der Waals surface area (Å²) in [4.78, 5) is 32.6. The highest BCUT2D eigenvalue weighted by molar-refractivity contribution is 7.90. The summed E-state index contributed by atoms with van der Waals surface area (Å²) in [5, 5.41) is 0. The smallest absolute Gasteiger partial charge is 0.410 e. The molecule has 0 aliphatic carbocycles. The molecule has 2 amide bonds. The largest absolute Gasteiger partial charge is 0.487 e. The SMILES string of the molecule is Cc1c(C)c(S(=O)(=O)NC(N)=NCCC[C@H](N)C(=O)N2CCN(C(=O)OC(C)(C)C)CC2)c(C)c2c1OC(C)(C)C2. The maximum atomic E-state index is 13.3. The highest BCUT2D eigenvalue weighted by Gasteiger charge is 2.37. The van der Waals surface area contributed by atoms with Crippen LogP contribution in [0.2, 0.25) is 0 Å². The molecule has 0 saturated carbocycles. The first kappa shape index (κ1) is 32.5. The Morgan fingerprint density at radius 3 is 2.24 bits per heavy atom. The number of aliphatic imine (C=N–C) groups is 1. The van der Waals surface area contributed by atoms with E-state index in [1.807, 2.05) is 41.5 Å². The van der Waals surface area contributed by atoms with Gasteiger partial charge < -0.3 is 30.7 Å². The highest BCUT2D eigenvalue weighted by Crippen LogP contribution is 2.43. The van der Waals surface area contributed by atoms with E-state index in [1.54, 1.807) is 23.6 Å². The molecule has 1 saturated heterocycles. The lowest BCUT2D eigenvalue weighted by atomic mass is 9.94. The van der Waals surface area contributed by atoms with Gasteiger partial charge in [-0.1, -0.05) is 0 Å². The zero-order valence-corrected chi connectivity index (χ0v) is 26.4. The molecule has 0 radical (unpaired) electrons. The van der Waals surface area contributed by atoms with Crippen LogP contribution in [0.4, 0.5) is 4.79 Å². The predicted octanol–water partition coefficient (Wildman–Crippen LogP) is 2.11. The number of ether oxygens (including phenoxy) is 2. The van der Waals surface area contributed by atoms with Gasteiger partial charge in [0.2, 0.25) is 11.9 Å². The summed E-state index contributed by atoms with van der Waals surface area (Å²) in [5.74, 6) is 0.328. The predicted molar refractivity (Wildman–Crippen MR) is 157 cm³/mol. The monoisotopic (exact) mass is 594 g/mol. The average molecular weight is 595 g/mol. The molecule has 2 heterocycles. The number of nitrogens with one attached hydrogen (secondary N) is 1. The van der Waals surface area contributed by atoms with Crippen LogP contribution < -0.4 is 20.9 Å². The van der Waals surface area contributed by atoms with E-state index in [0.717, 1.165) is 16.9 Å². The fourth-order valence-electron chi connectivity index (χ4n) is 5.17. The molecule has 5 N–H and O–H groups in total. The second-order valence-corrected chi connectivity index (χ2v) is 14.1. The lowest BCUT2D eigenvalue weighted by molar-refractivity contribution is -0.134. The van der Waals surface area contributed by atoms with E-state index in [2.05, 4.69) is 9.71 Å². The zero-order valence-electron chi connectivity index (χ0n) is 25.6. The first-order valence-electron chi connectivity index (χ1n) is 14.0. The lowest BCUT2D eigenvalue weighted by Gasteiger charge is -2.36. The van der Waals surface area contributed by atoms with Crippen LogP contribution in [0.25, 0.3) is 0 Å². The van der Waals surface area contributed by atoms with Crippen molar-refractivity contribution in [2.24, 2.45) is 16.5 Å². The Morgan fingerprint density at radius 1 is 1.07 bits per heavy atom. The molecule has 12 nitrogen and oxygen atoms in total. The number of nitrogens with two attached hydrogens (primary N) is 2. The summed E-state index contributed by atoms with van der Waals surface area (Å²) in [6.45, 7) is 16.5. The summed E-state index contributed by atoms with van der Waals surface area (Å²) in [6, 6.07) is -0.734. The molecule has 3 rings (SSSR count). The highest BCUT2D eigenvalue weighted by atomic mass is 32.2. The topological polar surface area (TPSA) is 170 Å². The van der Waals surface area contributed by atoms with Gasteiger partial charge in [-0.2, -0.15) is 0 Å². The van der Waals surface area contributed by atoms with Crippen molar-refractivity contribution >= 4 is 28.0 Å². The van der Waals surface area contributed by atoms with Crippen LogP contribution in [0.15, 0.2) is 9.89 Å². The Balaban J connectivity index is 1.52. The molecule has 0 unspecified atom stereocenters. The molecule has 0 bridgehead atoms. The minimum atomic E-state index is -3.99. The molecule has 13 heteroatoms. The molecule has 230 valence electrons. The number of nitrogens with zero attached hydrogens (tertiary/aromatic N) is 3. The van der Waals surface area contributed by atoms with Gasteiger partial charge in [0.1, 0.15) is 17.0 Å². The Morgan fingerprint density at radius 2 is 1.66 bits per heavy atom. The number of benzene rings is 1. The molecular weight excluding hydrogens is 548 g/mol. The Bertz CT molecular complexity index is 1310. The quantitative estimate of drug-likeness (QED) is 0.245. The normalized spacial score (nSPS) is 18.0. The zero-order chi connectivity index (χ0) is 30.9. The van der Waals surface area contributed by atoms with E-state index in [0.29, 0.717) is 56.6 Å². The minimum Gasteiger partial charge on any atom is -0.487 e. The summed E-state index contributed by atoms with van der Waals surface area (Å²) >= 11 is 0. The third kappa shape index (κ3) is 7.82. The van der Waals surface area contributed by atoms with E-state index in [9.17, 15) is 18.0 Å². The number of sulfonamides is 1. The van der Waals surface area contributed by atoms with E-state index >= 15 is 0 Å². The number of carbonyl (C=O) groups is 2. The van der Waals surface area contributed by atoms with Gasteiger partial charge in [0.25, 0.3) is 10.0 Å². The summed E-state index contributed by atoms with van der Waals surface area (Å²) in [7, 11) is -3.99. The first-order valence-corrected chi connectivity index (χ1v) is 15.5. The van der Waals surface area contributed by atoms with Crippen LogP contribution in [0.5, 0.6) is 5.75 Å². The average Bonchev–Trinajstić information content (AvgIpc) is 3.19. The lowest BCUT2D eigenvalue weighted by Crippen LogP contribution is -2.54. The maximum absolute atomic E-state index is 13.3. The molecular formula is C28H46N6O6S. The number of amides is 2. The molecule has 2 aliphatic heterocycles. The van der Waals surface area contributed by atoms with Crippen molar-refractivity contribution in [3.8, 4) is 5.75 Å². The van der Waals surface area contributed by atoms with Crippen LogP contribution in [-0.2, 0) is 26.0 Å². The van der Waals surface area contributed by atoms with Crippen LogP contribution in [0.1, 0.15) is 69.7 Å². The van der Waals surface area contributed by atoms with Gasteiger partial charge >= 0.3 is 6.09 Å². The van der Waals surface area contributed by atoms with Gasteiger partial charge in [-0.3, -0.25) is 9.79 Å². The third-order valence-electron chi connectivity index (χ3n) is 7.32. The van der Waals surface area contributed by atoms with Crippen molar-refractivity contribution in [1.82, 2.24) is 14.5 Å². The third-order valence-corrected chi connectivity index (χ3v) is 8.94. The molecule has 1 atom stereocenters. The van der Waals surface area contributed by atoms with Crippen molar-refractivity contribution in [1.29, 1.82) is 0 Å². The number of hydrogen-bond acceptors (Lipinski definition) is 8. The van der Waals surface area contributed by atoms with Crippen molar-refractivity contribution in [2.45, 2.75) is 96.8 Å². The van der Waals surface area contributed by atoms with Crippen molar-refractivity contribution in [3.05, 3.63) is 22.3 Å². The van der Waals surface area contributed by atoms with Crippen molar-refractivity contribution in [3.63, 3.8) is 0 Å². The Kier molecular flexibility index (Phi) is 9.53.